The molecule has 1 aliphatic heterocycles. The molecule has 0 bridgehead atoms. The lowest BCUT2D eigenvalue weighted by atomic mass is 10.1. The van der Waals surface area contributed by atoms with Crippen molar-refractivity contribution in [1.82, 2.24) is 0 Å². The Kier molecular flexibility index (Phi) is 1.94. The normalized spacial score (nSPS) is 20.4. The fraction of sp³-hybridized carbons (Fsp3) is 0.400. The molecule has 0 amide bonds. The van der Waals surface area contributed by atoms with Gasteiger partial charge in [0.2, 0.25) is 0 Å². The van der Waals surface area contributed by atoms with Crippen molar-refractivity contribution in [2.45, 2.75) is 25.3 Å². The molecule has 1 heterocycles. The Morgan fingerprint density at radius 2 is 2.14 bits per heavy atom. The Labute approximate surface area is 79.9 Å². The first-order valence-corrected chi connectivity index (χ1v) is 4.39. The number of halogens is 3. The highest BCUT2D eigenvalue weighted by molar-refractivity contribution is 5.57. The minimum absolute atomic E-state index is 0.249. The molecule has 0 spiro atoms. The van der Waals surface area contributed by atoms with Crippen molar-refractivity contribution in [2.24, 2.45) is 0 Å². The summed E-state index contributed by atoms with van der Waals surface area (Å²) < 4.78 is 38.6. The number of hydrogen-bond donors (Lipinski definition) is 1. The third kappa shape index (κ3) is 1.56. The summed E-state index contributed by atoms with van der Waals surface area (Å²) in [7, 11) is 0. The molecule has 0 aliphatic carbocycles. The standard InChI is InChI=1S/C10H10F3N/c1-10(12,13)9-4-6-2-3-7(11)5-8(6)14-9/h2-3,5,9,14H,4H2,1H3. The molecule has 0 aromatic heterocycles. The quantitative estimate of drug-likeness (QED) is 0.736. The fourth-order valence-corrected chi connectivity index (χ4v) is 1.63. The highest BCUT2D eigenvalue weighted by Gasteiger charge is 2.38. The molecule has 4 heteroatoms. The van der Waals surface area contributed by atoms with E-state index in [2.05, 4.69) is 5.32 Å². The van der Waals surface area contributed by atoms with Crippen LogP contribution in [0.4, 0.5) is 18.9 Å². The maximum Gasteiger partial charge on any atom is 0.265 e. The van der Waals surface area contributed by atoms with Gasteiger partial charge in [0.15, 0.2) is 0 Å². The zero-order chi connectivity index (χ0) is 10.3. The molecule has 1 N–H and O–H groups in total. The maximum absolute atomic E-state index is 12.9. The van der Waals surface area contributed by atoms with E-state index in [1.54, 1.807) is 6.07 Å². The molecule has 1 unspecified atom stereocenters. The van der Waals surface area contributed by atoms with E-state index in [1.807, 2.05) is 0 Å². The van der Waals surface area contributed by atoms with E-state index >= 15 is 0 Å². The van der Waals surface area contributed by atoms with Gasteiger partial charge in [-0.2, -0.15) is 0 Å². The highest BCUT2D eigenvalue weighted by atomic mass is 19.3. The summed E-state index contributed by atoms with van der Waals surface area (Å²) in [5.74, 6) is -3.19. The van der Waals surface area contributed by atoms with Crippen LogP contribution >= 0.6 is 0 Å². The number of alkyl halides is 2. The first-order valence-electron chi connectivity index (χ1n) is 4.39. The summed E-state index contributed by atoms with van der Waals surface area (Å²) in [6.07, 6.45) is 0.249. The van der Waals surface area contributed by atoms with E-state index in [1.165, 1.54) is 12.1 Å². The summed E-state index contributed by atoms with van der Waals surface area (Å²) in [4.78, 5) is 0. The number of nitrogens with one attached hydrogen (secondary N) is 1. The Balaban J connectivity index is 2.26. The molecule has 2 rings (SSSR count). The van der Waals surface area contributed by atoms with Crippen LogP contribution in [0.2, 0.25) is 0 Å². The second kappa shape index (κ2) is 2.90. The van der Waals surface area contributed by atoms with Gasteiger partial charge in [-0.1, -0.05) is 6.07 Å². The predicted octanol–water partition coefficient (Wildman–Crippen LogP) is 2.82. The first kappa shape index (κ1) is 9.37. The van der Waals surface area contributed by atoms with E-state index < -0.39 is 17.8 Å². The number of rotatable bonds is 1. The highest BCUT2D eigenvalue weighted by Crippen LogP contribution is 2.33. The molecule has 0 radical (unpaired) electrons. The predicted molar refractivity (Wildman–Crippen MR) is 48.1 cm³/mol. The second-order valence-electron chi connectivity index (χ2n) is 3.66. The van der Waals surface area contributed by atoms with Crippen molar-refractivity contribution >= 4 is 5.69 Å². The molecule has 76 valence electrons. The van der Waals surface area contributed by atoms with Gasteiger partial charge in [0.25, 0.3) is 5.92 Å². The summed E-state index contributed by atoms with van der Waals surface area (Å²) >= 11 is 0. The van der Waals surface area contributed by atoms with Crippen molar-refractivity contribution in [2.75, 3.05) is 5.32 Å². The zero-order valence-corrected chi connectivity index (χ0v) is 7.65. The maximum atomic E-state index is 12.9. The van der Waals surface area contributed by atoms with E-state index in [-0.39, 0.29) is 6.42 Å². The van der Waals surface area contributed by atoms with Gasteiger partial charge in [-0.3, -0.25) is 0 Å². The largest absolute Gasteiger partial charge is 0.376 e. The topological polar surface area (TPSA) is 12.0 Å². The van der Waals surface area contributed by atoms with Gasteiger partial charge in [-0.25, -0.2) is 13.2 Å². The summed E-state index contributed by atoms with van der Waals surface area (Å²) in [6.45, 7) is 0.868. The van der Waals surface area contributed by atoms with Crippen molar-refractivity contribution < 1.29 is 13.2 Å². The first-order chi connectivity index (χ1) is 6.47. The van der Waals surface area contributed by atoms with Crippen LogP contribution in [-0.2, 0) is 6.42 Å². The Morgan fingerprint density at radius 3 is 2.79 bits per heavy atom. The van der Waals surface area contributed by atoms with Gasteiger partial charge in [0.1, 0.15) is 5.82 Å². The van der Waals surface area contributed by atoms with Gasteiger partial charge < -0.3 is 5.32 Å². The lowest BCUT2D eigenvalue weighted by Gasteiger charge is -2.18. The molecular formula is C10H10F3N. The molecule has 1 atom stereocenters. The summed E-state index contributed by atoms with van der Waals surface area (Å²) in [5.41, 5.74) is 1.23. The number of anilines is 1. The summed E-state index contributed by atoms with van der Waals surface area (Å²) in [5, 5.41) is 2.63. The van der Waals surface area contributed by atoms with Gasteiger partial charge in [0, 0.05) is 19.0 Å². The Bertz CT molecular complexity index is 357. The van der Waals surface area contributed by atoms with Crippen molar-refractivity contribution in [3.8, 4) is 0 Å². The van der Waals surface area contributed by atoms with Crippen LogP contribution in [0.5, 0.6) is 0 Å². The van der Waals surface area contributed by atoms with Gasteiger partial charge in [0.05, 0.1) is 6.04 Å². The fourth-order valence-electron chi connectivity index (χ4n) is 1.63. The van der Waals surface area contributed by atoms with Gasteiger partial charge in [-0.05, 0) is 17.7 Å². The van der Waals surface area contributed by atoms with E-state index in [0.717, 1.165) is 12.5 Å². The molecule has 14 heavy (non-hydrogen) atoms. The average Bonchev–Trinajstić information content (AvgIpc) is 2.45. The smallest absolute Gasteiger partial charge is 0.265 e. The molecule has 0 saturated heterocycles. The van der Waals surface area contributed by atoms with Crippen LogP contribution in [0, 0.1) is 5.82 Å². The number of benzene rings is 1. The molecule has 1 nitrogen and oxygen atoms in total. The molecular weight excluding hydrogens is 191 g/mol. The van der Waals surface area contributed by atoms with Crippen molar-refractivity contribution in [3.05, 3.63) is 29.6 Å². The average molecular weight is 201 g/mol. The van der Waals surface area contributed by atoms with E-state index in [9.17, 15) is 13.2 Å². The van der Waals surface area contributed by atoms with Gasteiger partial charge in [-0.15, -0.1) is 0 Å². The summed E-state index contributed by atoms with van der Waals surface area (Å²) in [6, 6.07) is 3.17. The molecule has 1 aliphatic rings. The van der Waals surface area contributed by atoms with Crippen LogP contribution in [0.15, 0.2) is 18.2 Å². The lowest BCUT2D eigenvalue weighted by Crippen LogP contribution is -2.35. The third-order valence-corrected chi connectivity index (χ3v) is 2.44. The van der Waals surface area contributed by atoms with E-state index in [4.69, 9.17) is 0 Å². The monoisotopic (exact) mass is 201 g/mol. The molecule has 0 fully saturated rings. The van der Waals surface area contributed by atoms with Gasteiger partial charge >= 0.3 is 0 Å². The molecule has 0 saturated carbocycles. The minimum atomic E-state index is -2.78. The lowest BCUT2D eigenvalue weighted by molar-refractivity contribution is 0.00371. The van der Waals surface area contributed by atoms with Crippen molar-refractivity contribution in [3.63, 3.8) is 0 Å². The Hall–Kier alpha value is -1.19. The van der Waals surface area contributed by atoms with Crippen LogP contribution in [0.25, 0.3) is 0 Å². The third-order valence-electron chi connectivity index (χ3n) is 2.44. The SMILES string of the molecule is CC(F)(F)C1Cc2ccc(F)cc2N1. The van der Waals surface area contributed by atoms with Crippen LogP contribution in [0.3, 0.4) is 0 Å². The molecule has 1 aromatic rings. The Morgan fingerprint density at radius 1 is 1.43 bits per heavy atom. The minimum Gasteiger partial charge on any atom is -0.376 e. The van der Waals surface area contributed by atoms with Crippen LogP contribution in [-0.4, -0.2) is 12.0 Å². The van der Waals surface area contributed by atoms with Crippen LogP contribution in [0.1, 0.15) is 12.5 Å². The molecule has 1 aromatic carbocycles. The van der Waals surface area contributed by atoms with Crippen LogP contribution < -0.4 is 5.32 Å². The van der Waals surface area contributed by atoms with Crippen molar-refractivity contribution in [1.29, 1.82) is 0 Å². The second-order valence-corrected chi connectivity index (χ2v) is 3.66. The zero-order valence-electron chi connectivity index (χ0n) is 7.65. The number of fused-ring (bicyclic) bond motifs is 1. The number of hydrogen-bond acceptors (Lipinski definition) is 1. The van der Waals surface area contributed by atoms with E-state index in [0.29, 0.717) is 5.69 Å².